The summed E-state index contributed by atoms with van der Waals surface area (Å²) in [5.41, 5.74) is 1.79. The molecule has 0 aromatic heterocycles. The summed E-state index contributed by atoms with van der Waals surface area (Å²) in [7, 11) is 1.73. The molecule has 1 saturated heterocycles. The Balaban J connectivity index is 1.61. The van der Waals surface area contributed by atoms with Gasteiger partial charge in [-0.25, -0.2) is 4.39 Å². The van der Waals surface area contributed by atoms with Gasteiger partial charge in [0, 0.05) is 50.5 Å². The highest BCUT2D eigenvalue weighted by Gasteiger charge is 2.34. The van der Waals surface area contributed by atoms with Crippen molar-refractivity contribution < 1.29 is 9.13 Å². The molecule has 29 heavy (non-hydrogen) atoms. The molecular weight excluding hydrogens is 367 g/mol. The Hall–Kier alpha value is -2.44. The molecule has 1 heterocycles. The van der Waals surface area contributed by atoms with Gasteiger partial charge < -0.3 is 20.7 Å². The predicted octanol–water partition coefficient (Wildman–Crippen LogP) is 3.39. The third-order valence-corrected chi connectivity index (χ3v) is 5.49. The molecule has 0 spiro atoms. The summed E-state index contributed by atoms with van der Waals surface area (Å²) < 4.78 is 19.5. The zero-order valence-corrected chi connectivity index (χ0v) is 17.2. The quantitative estimate of drug-likeness (QED) is 0.494. The zero-order valence-electron chi connectivity index (χ0n) is 17.2. The highest BCUT2D eigenvalue weighted by molar-refractivity contribution is 5.79. The van der Waals surface area contributed by atoms with Gasteiger partial charge in [0.25, 0.3) is 0 Å². The minimum absolute atomic E-state index is 0.0941. The van der Waals surface area contributed by atoms with Gasteiger partial charge in [0.15, 0.2) is 5.96 Å². The van der Waals surface area contributed by atoms with Crippen molar-refractivity contribution in [2.75, 3.05) is 26.8 Å². The number of hydrogen-bond acceptors (Lipinski definition) is 3. The van der Waals surface area contributed by atoms with Gasteiger partial charge in [-0.3, -0.25) is 4.99 Å². The number of guanidine groups is 1. The van der Waals surface area contributed by atoms with Crippen LogP contribution >= 0.6 is 0 Å². The number of nitrogens with zero attached hydrogens (tertiary/aromatic N) is 1. The minimum atomic E-state index is -0.213. The van der Waals surface area contributed by atoms with Gasteiger partial charge in [-0.2, -0.15) is 0 Å². The molecule has 1 atom stereocenters. The maximum absolute atomic E-state index is 13.9. The summed E-state index contributed by atoms with van der Waals surface area (Å²) in [5, 5.41) is 10.5. The normalized spacial score (nSPS) is 17.6. The first-order valence-corrected chi connectivity index (χ1v) is 10.2. The fraction of sp³-hybridized carbons (Fsp3) is 0.435. The van der Waals surface area contributed by atoms with Crippen molar-refractivity contribution >= 4 is 5.96 Å². The predicted molar refractivity (Wildman–Crippen MR) is 115 cm³/mol. The standard InChI is InChI=1S/C23H31FN4O/c1-18(19-8-4-3-5-9-19)28-23(12-14-29-15-13-23)17-27-22(25-2)26-16-20-10-6-7-11-21(20)24/h3-11,18,28H,12-17H2,1-2H3,(H2,25,26,27). The van der Waals surface area contributed by atoms with E-state index >= 15 is 0 Å². The van der Waals surface area contributed by atoms with E-state index in [4.69, 9.17) is 4.74 Å². The summed E-state index contributed by atoms with van der Waals surface area (Å²) in [6, 6.07) is 17.5. The molecule has 3 rings (SSSR count). The second kappa shape index (κ2) is 10.4. The van der Waals surface area contributed by atoms with Crippen LogP contribution in [0.15, 0.2) is 59.6 Å². The first-order chi connectivity index (χ1) is 14.1. The number of nitrogens with one attached hydrogen (secondary N) is 3. The van der Waals surface area contributed by atoms with E-state index in [0.29, 0.717) is 24.6 Å². The van der Waals surface area contributed by atoms with Crippen molar-refractivity contribution in [1.82, 2.24) is 16.0 Å². The van der Waals surface area contributed by atoms with E-state index in [-0.39, 0.29) is 17.4 Å². The number of ether oxygens (including phenoxy) is 1. The molecule has 0 radical (unpaired) electrons. The summed E-state index contributed by atoms with van der Waals surface area (Å²) in [5.74, 6) is 0.447. The molecule has 0 bridgehead atoms. The summed E-state index contributed by atoms with van der Waals surface area (Å²) in [6.45, 7) is 4.76. The van der Waals surface area contributed by atoms with Crippen LogP contribution in [0.5, 0.6) is 0 Å². The van der Waals surface area contributed by atoms with Gasteiger partial charge in [-0.05, 0) is 31.4 Å². The van der Waals surface area contributed by atoms with Gasteiger partial charge >= 0.3 is 0 Å². The van der Waals surface area contributed by atoms with Crippen LogP contribution in [0.1, 0.15) is 36.9 Å². The molecule has 1 fully saturated rings. The van der Waals surface area contributed by atoms with Crippen LogP contribution in [0.2, 0.25) is 0 Å². The molecule has 0 aliphatic carbocycles. The van der Waals surface area contributed by atoms with Crippen LogP contribution in [0.25, 0.3) is 0 Å². The van der Waals surface area contributed by atoms with Crippen LogP contribution in [0.4, 0.5) is 4.39 Å². The van der Waals surface area contributed by atoms with Crippen molar-refractivity contribution in [1.29, 1.82) is 0 Å². The van der Waals surface area contributed by atoms with Gasteiger partial charge in [0.05, 0.1) is 0 Å². The minimum Gasteiger partial charge on any atom is -0.381 e. The second-order valence-corrected chi connectivity index (χ2v) is 7.54. The lowest BCUT2D eigenvalue weighted by atomic mass is 9.88. The van der Waals surface area contributed by atoms with Gasteiger partial charge in [0.2, 0.25) is 0 Å². The molecule has 5 nitrogen and oxygen atoms in total. The lowest BCUT2D eigenvalue weighted by Crippen LogP contribution is -2.58. The first-order valence-electron chi connectivity index (χ1n) is 10.2. The second-order valence-electron chi connectivity index (χ2n) is 7.54. The van der Waals surface area contributed by atoms with E-state index in [1.54, 1.807) is 19.2 Å². The Morgan fingerprint density at radius 1 is 1.07 bits per heavy atom. The number of rotatable bonds is 7. The fourth-order valence-electron chi connectivity index (χ4n) is 3.71. The molecule has 2 aromatic carbocycles. The smallest absolute Gasteiger partial charge is 0.191 e. The van der Waals surface area contributed by atoms with E-state index in [1.165, 1.54) is 11.6 Å². The molecule has 1 unspecified atom stereocenters. The molecule has 0 saturated carbocycles. The topological polar surface area (TPSA) is 57.7 Å². The molecule has 6 heteroatoms. The number of benzene rings is 2. The van der Waals surface area contributed by atoms with Crippen LogP contribution in [-0.2, 0) is 11.3 Å². The van der Waals surface area contributed by atoms with E-state index in [9.17, 15) is 4.39 Å². The molecule has 3 N–H and O–H groups in total. The van der Waals surface area contributed by atoms with Crippen LogP contribution in [0, 0.1) is 5.82 Å². The number of aliphatic imine (C=N–C) groups is 1. The Bertz CT molecular complexity index is 790. The zero-order chi connectivity index (χ0) is 20.5. The van der Waals surface area contributed by atoms with Crippen LogP contribution in [0.3, 0.4) is 0 Å². The van der Waals surface area contributed by atoms with E-state index in [2.05, 4.69) is 52.1 Å². The summed E-state index contributed by atoms with van der Waals surface area (Å²) >= 11 is 0. The molecule has 1 aliphatic heterocycles. The maximum atomic E-state index is 13.9. The van der Waals surface area contributed by atoms with E-state index < -0.39 is 0 Å². The molecule has 156 valence electrons. The SMILES string of the molecule is CN=C(NCc1ccccc1F)NCC1(NC(C)c2ccccc2)CCOCC1. The highest BCUT2D eigenvalue weighted by atomic mass is 19.1. The average Bonchev–Trinajstić information content (AvgIpc) is 2.76. The van der Waals surface area contributed by atoms with Gasteiger partial charge in [0.1, 0.15) is 5.82 Å². The van der Waals surface area contributed by atoms with Gasteiger partial charge in [-0.1, -0.05) is 48.5 Å². The number of halogens is 1. The average molecular weight is 399 g/mol. The molecule has 1 aliphatic rings. The van der Waals surface area contributed by atoms with Crippen LogP contribution < -0.4 is 16.0 Å². The Kier molecular flexibility index (Phi) is 7.61. The molecule has 2 aromatic rings. The Morgan fingerprint density at radius 2 is 1.76 bits per heavy atom. The van der Waals surface area contributed by atoms with E-state index in [0.717, 1.165) is 26.1 Å². The maximum Gasteiger partial charge on any atom is 0.191 e. The first kappa shape index (κ1) is 21.3. The van der Waals surface area contributed by atoms with E-state index in [1.807, 2.05) is 12.1 Å². The van der Waals surface area contributed by atoms with Crippen molar-refractivity contribution in [3.8, 4) is 0 Å². The van der Waals surface area contributed by atoms with Crippen molar-refractivity contribution in [2.24, 2.45) is 4.99 Å². The monoisotopic (exact) mass is 398 g/mol. The highest BCUT2D eigenvalue weighted by Crippen LogP contribution is 2.25. The summed E-state index contributed by atoms with van der Waals surface area (Å²) in [6.07, 6.45) is 1.84. The number of hydrogen-bond donors (Lipinski definition) is 3. The third kappa shape index (κ3) is 6.02. The van der Waals surface area contributed by atoms with Gasteiger partial charge in [-0.15, -0.1) is 0 Å². The fourth-order valence-corrected chi connectivity index (χ4v) is 3.71. The lowest BCUT2D eigenvalue weighted by Gasteiger charge is -2.41. The lowest BCUT2D eigenvalue weighted by molar-refractivity contribution is 0.0355. The van der Waals surface area contributed by atoms with Crippen molar-refractivity contribution in [3.05, 3.63) is 71.5 Å². The van der Waals surface area contributed by atoms with Crippen molar-refractivity contribution in [2.45, 2.75) is 37.9 Å². The Labute approximate surface area is 172 Å². The van der Waals surface area contributed by atoms with Crippen LogP contribution in [-0.4, -0.2) is 38.3 Å². The molecular formula is C23H31FN4O. The third-order valence-electron chi connectivity index (χ3n) is 5.49. The summed E-state index contributed by atoms with van der Waals surface area (Å²) in [4.78, 5) is 4.30. The Morgan fingerprint density at radius 3 is 2.45 bits per heavy atom. The largest absolute Gasteiger partial charge is 0.381 e. The van der Waals surface area contributed by atoms with Crippen molar-refractivity contribution in [3.63, 3.8) is 0 Å². The molecule has 0 amide bonds.